The lowest BCUT2D eigenvalue weighted by atomic mass is 10.1. The Hall–Kier alpha value is -4.13. The maximum absolute atomic E-state index is 13.6. The van der Waals surface area contributed by atoms with Gasteiger partial charge in [0.15, 0.2) is 0 Å². The Morgan fingerprint density at radius 1 is 1.00 bits per heavy atom. The number of carbonyl (C=O) groups is 1. The number of halogens is 1. The Balaban J connectivity index is 1.34. The van der Waals surface area contributed by atoms with Gasteiger partial charge in [-0.05, 0) is 66.9 Å². The predicted molar refractivity (Wildman–Crippen MR) is 125 cm³/mol. The van der Waals surface area contributed by atoms with Crippen molar-refractivity contribution >= 4 is 5.91 Å². The summed E-state index contributed by atoms with van der Waals surface area (Å²) < 4.78 is 19.3. The van der Waals surface area contributed by atoms with E-state index in [0.717, 1.165) is 29.8 Å². The molecule has 4 aromatic rings. The van der Waals surface area contributed by atoms with E-state index in [1.807, 2.05) is 29.2 Å². The van der Waals surface area contributed by atoms with Crippen LogP contribution < -0.4 is 4.74 Å². The second kappa shape index (κ2) is 9.79. The van der Waals surface area contributed by atoms with Crippen molar-refractivity contribution in [1.29, 1.82) is 0 Å². The number of hydrogen-bond acceptors (Lipinski definition) is 5. The van der Waals surface area contributed by atoms with Crippen molar-refractivity contribution < 1.29 is 13.9 Å². The van der Waals surface area contributed by atoms with E-state index in [4.69, 9.17) is 9.72 Å². The average Bonchev–Trinajstić information content (AvgIpc) is 3.35. The van der Waals surface area contributed by atoms with Crippen LogP contribution in [0.25, 0.3) is 0 Å². The zero-order chi connectivity index (χ0) is 23.3. The highest BCUT2D eigenvalue weighted by atomic mass is 19.1. The number of likely N-dealkylation sites (tertiary alicyclic amines) is 1. The fourth-order valence-electron chi connectivity index (χ4n) is 4.26. The number of amides is 1. The molecule has 1 aliphatic rings. The van der Waals surface area contributed by atoms with Gasteiger partial charge < -0.3 is 9.64 Å². The highest BCUT2D eigenvalue weighted by Crippen LogP contribution is 2.33. The van der Waals surface area contributed by atoms with Crippen molar-refractivity contribution in [1.82, 2.24) is 19.9 Å². The lowest BCUT2D eigenvalue weighted by Gasteiger charge is -2.25. The molecular weight excluding hydrogens is 431 g/mol. The molecule has 0 aliphatic carbocycles. The van der Waals surface area contributed by atoms with Crippen molar-refractivity contribution in [2.45, 2.75) is 25.3 Å². The lowest BCUT2D eigenvalue weighted by Crippen LogP contribution is -2.31. The molecule has 170 valence electrons. The van der Waals surface area contributed by atoms with Crippen LogP contribution in [0.5, 0.6) is 11.8 Å². The summed E-state index contributed by atoms with van der Waals surface area (Å²) in [5.74, 6) is 0.175. The number of rotatable bonds is 6. The monoisotopic (exact) mass is 454 g/mol. The zero-order valence-electron chi connectivity index (χ0n) is 18.5. The highest BCUT2D eigenvalue weighted by molar-refractivity contribution is 5.95. The van der Waals surface area contributed by atoms with Gasteiger partial charge >= 0.3 is 6.01 Å². The minimum absolute atomic E-state index is 0.0701. The largest absolute Gasteiger partial charge is 0.424 e. The third-order valence-electron chi connectivity index (χ3n) is 5.79. The maximum Gasteiger partial charge on any atom is 0.321 e. The normalized spacial score (nSPS) is 15.3. The van der Waals surface area contributed by atoms with Gasteiger partial charge in [-0.25, -0.2) is 14.4 Å². The zero-order valence-corrected chi connectivity index (χ0v) is 18.5. The Bertz CT molecular complexity index is 1300. The molecule has 0 saturated carbocycles. The quantitative estimate of drug-likeness (QED) is 0.392. The summed E-state index contributed by atoms with van der Waals surface area (Å²) in [7, 11) is 0. The van der Waals surface area contributed by atoms with Crippen molar-refractivity contribution in [3.8, 4) is 11.8 Å². The molecule has 2 aromatic carbocycles. The van der Waals surface area contributed by atoms with Gasteiger partial charge in [-0.1, -0.05) is 24.3 Å². The van der Waals surface area contributed by atoms with Crippen LogP contribution in [-0.2, 0) is 6.42 Å². The van der Waals surface area contributed by atoms with E-state index in [9.17, 15) is 9.18 Å². The smallest absolute Gasteiger partial charge is 0.321 e. The van der Waals surface area contributed by atoms with E-state index in [-0.39, 0.29) is 23.8 Å². The predicted octanol–water partition coefficient (Wildman–Crippen LogP) is 5.37. The van der Waals surface area contributed by atoms with E-state index in [1.54, 1.807) is 48.8 Å². The van der Waals surface area contributed by atoms with Crippen LogP contribution >= 0.6 is 0 Å². The summed E-state index contributed by atoms with van der Waals surface area (Å²) in [5, 5.41) is 0. The van der Waals surface area contributed by atoms with Gasteiger partial charge in [0.05, 0.1) is 11.7 Å². The minimum atomic E-state index is -0.258. The first kappa shape index (κ1) is 21.7. The van der Waals surface area contributed by atoms with Crippen LogP contribution in [0, 0.1) is 5.82 Å². The summed E-state index contributed by atoms with van der Waals surface area (Å²) in [6, 6.07) is 21.3. The molecule has 6 nitrogen and oxygen atoms in total. The number of hydrogen-bond donors (Lipinski definition) is 0. The van der Waals surface area contributed by atoms with E-state index in [2.05, 4.69) is 9.97 Å². The van der Waals surface area contributed by atoms with Crippen LogP contribution in [0.2, 0.25) is 0 Å². The molecule has 0 radical (unpaired) electrons. The highest BCUT2D eigenvalue weighted by Gasteiger charge is 2.31. The van der Waals surface area contributed by atoms with E-state index < -0.39 is 0 Å². The Morgan fingerprint density at radius 2 is 1.82 bits per heavy atom. The average molecular weight is 455 g/mol. The van der Waals surface area contributed by atoms with E-state index in [0.29, 0.717) is 24.3 Å². The molecule has 5 rings (SSSR count). The fraction of sp³-hybridized carbons (Fsp3) is 0.185. The number of aromatic nitrogens is 3. The van der Waals surface area contributed by atoms with E-state index in [1.165, 1.54) is 12.1 Å². The van der Waals surface area contributed by atoms with Crippen LogP contribution in [0.4, 0.5) is 4.39 Å². The van der Waals surface area contributed by atoms with Gasteiger partial charge in [-0.2, -0.15) is 0 Å². The molecular formula is C27H23FN4O2. The van der Waals surface area contributed by atoms with Gasteiger partial charge in [0, 0.05) is 36.6 Å². The van der Waals surface area contributed by atoms with Crippen molar-refractivity contribution in [3.63, 3.8) is 0 Å². The molecule has 1 aliphatic heterocycles. The summed E-state index contributed by atoms with van der Waals surface area (Å²) >= 11 is 0. The molecule has 0 spiro atoms. The van der Waals surface area contributed by atoms with E-state index >= 15 is 0 Å². The maximum atomic E-state index is 13.6. The Kier molecular flexibility index (Phi) is 6.25. The van der Waals surface area contributed by atoms with Crippen LogP contribution in [0.1, 0.15) is 46.2 Å². The van der Waals surface area contributed by atoms with Crippen LogP contribution in [0.15, 0.2) is 85.2 Å². The number of pyridine rings is 1. The second-order valence-electron chi connectivity index (χ2n) is 8.18. The third-order valence-corrected chi connectivity index (χ3v) is 5.79. The number of benzene rings is 2. The molecule has 0 unspecified atom stereocenters. The Morgan fingerprint density at radius 3 is 2.68 bits per heavy atom. The van der Waals surface area contributed by atoms with Gasteiger partial charge in [0.2, 0.25) is 0 Å². The molecule has 1 atom stereocenters. The SMILES string of the molecule is O=C(c1cccc(Oc2ncccn2)c1)N1CCC[C@H]1c1cccc(Cc2cccc(F)c2)n1. The molecule has 34 heavy (non-hydrogen) atoms. The second-order valence-corrected chi connectivity index (χ2v) is 8.18. The van der Waals surface area contributed by atoms with Crippen molar-refractivity contribution in [2.24, 2.45) is 0 Å². The summed E-state index contributed by atoms with van der Waals surface area (Å²) in [5.41, 5.74) is 3.10. The molecule has 2 aromatic heterocycles. The molecule has 0 bridgehead atoms. The standard InChI is InChI=1S/C27H23FN4O2/c28-21-8-1-6-19(16-21)17-22-9-3-11-24(31-22)25-12-4-15-32(25)26(33)20-7-2-10-23(18-20)34-27-29-13-5-14-30-27/h1-3,5-11,13-14,16,18,25H,4,12,15,17H2/t25-/m0/s1. The van der Waals surface area contributed by atoms with Crippen molar-refractivity contribution in [3.05, 3.63) is 114 Å². The Labute approximate surface area is 197 Å². The topological polar surface area (TPSA) is 68.2 Å². The molecule has 1 saturated heterocycles. The minimum Gasteiger partial charge on any atom is -0.424 e. The van der Waals surface area contributed by atoms with Crippen molar-refractivity contribution in [2.75, 3.05) is 6.54 Å². The summed E-state index contributed by atoms with van der Waals surface area (Å²) in [6.07, 6.45) is 5.48. The number of nitrogens with zero attached hydrogens (tertiary/aromatic N) is 4. The first-order chi connectivity index (χ1) is 16.7. The molecule has 0 N–H and O–H groups in total. The molecule has 7 heteroatoms. The van der Waals surface area contributed by atoms with Gasteiger partial charge in [0.1, 0.15) is 11.6 Å². The molecule has 3 heterocycles. The van der Waals surface area contributed by atoms with Crippen LogP contribution in [-0.4, -0.2) is 32.3 Å². The molecule has 1 fully saturated rings. The lowest BCUT2D eigenvalue weighted by molar-refractivity contribution is 0.0732. The van der Waals surface area contributed by atoms with Gasteiger partial charge in [-0.3, -0.25) is 9.78 Å². The van der Waals surface area contributed by atoms with Gasteiger partial charge in [0.25, 0.3) is 5.91 Å². The first-order valence-corrected chi connectivity index (χ1v) is 11.2. The number of carbonyl (C=O) groups excluding carboxylic acids is 1. The summed E-state index contributed by atoms with van der Waals surface area (Å²) in [6.45, 7) is 0.659. The third kappa shape index (κ3) is 4.93. The molecule has 1 amide bonds. The number of ether oxygens (including phenoxy) is 1. The summed E-state index contributed by atoms with van der Waals surface area (Å²) in [4.78, 5) is 28.2. The first-order valence-electron chi connectivity index (χ1n) is 11.2. The van der Waals surface area contributed by atoms with Gasteiger partial charge in [-0.15, -0.1) is 0 Å². The van der Waals surface area contributed by atoms with Crippen LogP contribution in [0.3, 0.4) is 0 Å². The fourth-order valence-corrected chi connectivity index (χ4v) is 4.26.